The Morgan fingerprint density at radius 3 is 3.00 bits per heavy atom. The topological polar surface area (TPSA) is 59.0 Å². The van der Waals surface area contributed by atoms with Gasteiger partial charge in [0.15, 0.2) is 11.5 Å². The van der Waals surface area contributed by atoms with Crippen LogP contribution in [0, 0.1) is 5.92 Å². The van der Waals surface area contributed by atoms with Crippen LogP contribution in [0.3, 0.4) is 0 Å². The molecule has 1 atom stereocenters. The molecule has 1 aromatic carbocycles. The number of ether oxygens (including phenoxy) is 2. The molecule has 0 radical (unpaired) electrons. The molecule has 5 nitrogen and oxygen atoms in total. The standard InChI is InChI=1S/C17H22BrNO4/c1-3-7-23-16-14(18)8-12(9-15(16)22-2)10-19-6-4-5-13(11-19)17(20)21/h3,8-9,13H,1,4-7,10-11H2,2H3,(H,20,21). The third-order valence-corrected chi connectivity index (χ3v) is 4.48. The highest BCUT2D eigenvalue weighted by Crippen LogP contribution is 2.37. The van der Waals surface area contributed by atoms with Crippen molar-refractivity contribution >= 4 is 21.9 Å². The van der Waals surface area contributed by atoms with Crippen molar-refractivity contribution in [3.63, 3.8) is 0 Å². The van der Waals surface area contributed by atoms with Crippen LogP contribution in [-0.4, -0.2) is 42.8 Å². The minimum atomic E-state index is -0.707. The maximum Gasteiger partial charge on any atom is 0.307 e. The number of carbonyl (C=O) groups is 1. The lowest BCUT2D eigenvalue weighted by Gasteiger charge is -2.30. The summed E-state index contributed by atoms with van der Waals surface area (Å²) in [6, 6.07) is 3.93. The van der Waals surface area contributed by atoms with Crippen LogP contribution in [0.4, 0.5) is 0 Å². The van der Waals surface area contributed by atoms with Crippen molar-refractivity contribution in [2.24, 2.45) is 5.92 Å². The number of piperidine rings is 1. The first kappa shape index (κ1) is 17.8. The first-order valence-electron chi connectivity index (χ1n) is 7.60. The molecule has 0 spiro atoms. The van der Waals surface area contributed by atoms with Gasteiger partial charge in [-0.25, -0.2) is 0 Å². The number of carboxylic acid groups (broad SMARTS) is 1. The van der Waals surface area contributed by atoms with E-state index in [4.69, 9.17) is 9.47 Å². The van der Waals surface area contributed by atoms with Crippen molar-refractivity contribution in [2.75, 3.05) is 26.8 Å². The average Bonchev–Trinajstić information content (AvgIpc) is 2.53. The van der Waals surface area contributed by atoms with E-state index in [1.54, 1.807) is 13.2 Å². The predicted molar refractivity (Wildman–Crippen MR) is 92.0 cm³/mol. The molecule has 1 aliphatic rings. The van der Waals surface area contributed by atoms with E-state index in [9.17, 15) is 9.90 Å². The Kier molecular flexibility index (Phi) is 6.47. The Morgan fingerprint density at radius 1 is 1.57 bits per heavy atom. The second kappa shape index (κ2) is 8.36. The fraction of sp³-hybridized carbons (Fsp3) is 0.471. The summed E-state index contributed by atoms with van der Waals surface area (Å²) in [5, 5.41) is 9.19. The summed E-state index contributed by atoms with van der Waals surface area (Å²) in [5.41, 5.74) is 1.06. The fourth-order valence-electron chi connectivity index (χ4n) is 2.81. The summed E-state index contributed by atoms with van der Waals surface area (Å²) < 4.78 is 11.9. The number of likely N-dealkylation sites (tertiary alicyclic amines) is 1. The lowest BCUT2D eigenvalue weighted by atomic mass is 9.98. The Balaban J connectivity index is 2.12. The van der Waals surface area contributed by atoms with E-state index in [0.29, 0.717) is 31.2 Å². The van der Waals surface area contributed by atoms with E-state index < -0.39 is 5.97 Å². The largest absolute Gasteiger partial charge is 0.493 e. The fourth-order valence-corrected chi connectivity index (χ4v) is 3.41. The molecule has 23 heavy (non-hydrogen) atoms. The van der Waals surface area contributed by atoms with Gasteiger partial charge in [-0.2, -0.15) is 0 Å². The Hall–Kier alpha value is -1.53. The number of rotatable bonds is 7. The first-order valence-corrected chi connectivity index (χ1v) is 8.39. The summed E-state index contributed by atoms with van der Waals surface area (Å²) in [6.45, 7) is 6.24. The van der Waals surface area contributed by atoms with Crippen LogP contribution < -0.4 is 9.47 Å². The molecule has 126 valence electrons. The molecule has 0 bridgehead atoms. The zero-order valence-corrected chi connectivity index (χ0v) is 14.8. The molecule has 1 fully saturated rings. The number of hydrogen-bond acceptors (Lipinski definition) is 4. The van der Waals surface area contributed by atoms with Crippen LogP contribution in [0.1, 0.15) is 18.4 Å². The number of nitrogens with zero attached hydrogens (tertiary/aromatic N) is 1. The van der Waals surface area contributed by atoms with Crippen LogP contribution in [-0.2, 0) is 11.3 Å². The highest BCUT2D eigenvalue weighted by atomic mass is 79.9. The molecule has 1 saturated heterocycles. The number of carboxylic acids is 1. The Morgan fingerprint density at radius 2 is 2.35 bits per heavy atom. The van der Waals surface area contributed by atoms with Crippen LogP contribution in [0.2, 0.25) is 0 Å². The Bertz CT molecular complexity index is 576. The van der Waals surface area contributed by atoms with Gasteiger partial charge in [-0.3, -0.25) is 9.69 Å². The van der Waals surface area contributed by atoms with Crippen molar-refractivity contribution in [3.05, 3.63) is 34.8 Å². The normalized spacial score (nSPS) is 18.4. The average molecular weight is 384 g/mol. The maximum atomic E-state index is 11.2. The molecular formula is C17H22BrNO4. The lowest BCUT2D eigenvalue weighted by molar-refractivity contribution is -0.143. The highest BCUT2D eigenvalue weighted by molar-refractivity contribution is 9.10. The molecule has 1 unspecified atom stereocenters. The van der Waals surface area contributed by atoms with Crippen molar-refractivity contribution < 1.29 is 19.4 Å². The van der Waals surface area contributed by atoms with Crippen LogP contribution in [0.15, 0.2) is 29.3 Å². The third kappa shape index (κ3) is 4.72. The first-order chi connectivity index (χ1) is 11.0. The zero-order valence-electron chi connectivity index (χ0n) is 13.3. The molecule has 2 rings (SSSR count). The molecule has 6 heteroatoms. The van der Waals surface area contributed by atoms with Gasteiger partial charge < -0.3 is 14.6 Å². The highest BCUT2D eigenvalue weighted by Gasteiger charge is 2.25. The minimum Gasteiger partial charge on any atom is -0.493 e. The molecule has 0 amide bonds. The van der Waals surface area contributed by atoms with Crippen molar-refractivity contribution in [1.29, 1.82) is 0 Å². The second-order valence-electron chi connectivity index (χ2n) is 5.62. The molecular weight excluding hydrogens is 362 g/mol. The minimum absolute atomic E-state index is 0.274. The molecule has 0 saturated carbocycles. The van der Waals surface area contributed by atoms with E-state index >= 15 is 0 Å². The maximum absolute atomic E-state index is 11.2. The number of hydrogen-bond donors (Lipinski definition) is 1. The van der Waals surface area contributed by atoms with Gasteiger partial charge in [0.1, 0.15) is 6.61 Å². The van der Waals surface area contributed by atoms with Gasteiger partial charge in [-0.05, 0) is 53.0 Å². The van der Waals surface area contributed by atoms with Gasteiger partial charge in [-0.15, -0.1) is 0 Å². The molecule has 1 heterocycles. The summed E-state index contributed by atoms with van der Waals surface area (Å²) in [5.74, 6) is 0.326. The summed E-state index contributed by atoms with van der Waals surface area (Å²) in [7, 11) is 1.60. The molecule has 0 aromatic heterocycles. The van der Waals surface area contributed by atoms with Gasteiger partial charge in [0.2, 0.25) is 0 Å². The van der Waals surface area contributed by atoms with Crippen molar-refractivity contribution in [3.8, 4) is 11.5 Å². The van der Waals surface area contributed by atoms with Crippen molar-refractivity contribution in [2.45, 2.75) is 19.4 Å². The third-order valence-electron chi connectivity index (χ3n) is 3.90. The predicted octanol–water partition coefficient (Wildman–Crippen LogP) is 3.32. The molecule has 1 aromatic rings. The van der Waals surface area contributed by atoms with Gasteiger partial charge in [0, 0.05) is 13.1 Å². The smallest absolute Gasteiger partial charge is 0.307 e. The van der Waals surface area contributed by atoms with Crippen LogP contribution in [0.25, 0.3) is 0 Å². The second-order valence-corrected chi connectivity index (χ2v) is 6.48. The lowest BCUT2D eigenvalue weighted by Crippen LogP contribution is -2.38. The summed E-state index contributed by atoms with van der Waals surface area (Å²) in [4.78, 5) is 13.3. The number of halogens is 1. The molecule has 0 aliphatic carbocycles. The summed E-state index contributed by atoms with van der Waals surface area (Å²) >= 11 is 3.52. The van der Waals surface area contributed by atoms with E-state index in [2.05, 4.69) is 27.4 Å². The van der Waals surface area contributed by atoms with Crippen LogP contribution >= 0.6 is 15.9 Å². The number of methoxy groups -OCH3 is 1. The SMILES string of the molecule is C=CCOc1c(Br)cc(CN2CCCC(C(=O)O)C2)cc1OC. The molecule has 1 N–H and O–H groups in total. The van der Waals surface area contributed by atoms with Crippen molar-refractivity contribution in [1.82, 2.24) is 4.90 Å². The van der Waals surface area contributed by atoms with E-state index in [0.717, 1.165) is 29.4 Å². The van der Waals surface area contributed by atoms with E-state index in [1.807, 2.05) is 12.1 Å². The van der Waals surface area contributed by atoms with E-state index in [1.165, 1.54) is 0 Å². The van der Waals surface area contributed by atoms with Gasteiger partial charge in [0.25, 0.3) is 0 Å². The monoisotopic (exact) mass is 383 g/mol. The molecule has 1 aliphatic heterocycles. The summed E-state index contributed by atoms with van der Waals surface area (Å²) in [6.07, 6.45) is 3.35. The quantitative estimate of drug-likeness (QED) is 0.731. The van der Waals surface area contributed by atoms with Gasteiger partial charge in [0.05, 0.1) is 17.5 Å². The zero-order chi connectivity index (χ0) is 16.8. The number of benzene rings is 1. The van der Waals surface area contributed by atoms with E-state index in [-0.39, 0.29) is 5.92 Å². The number of aliphatic carboxylic acids is 1. The van der Waals surface area contributed by atoms with Gasteiger partial charge >= 0.3 is 5.97 Å². The van der Waals surface area contributed by atoms with Gasteiger partial charge in [-0.1, -0.05) is 12.7 Å². The Labute approximate surface area is 145 Å². The van der Waals surface area contributed by atoms with Crippen LogP contribution in [0.5, 0.6) is 11.5 Å².